The molecule has 0 fully saturated rings. The van der Waals surface area contributed by atoms with Crippen molar-refractivity contribution >= 4 is 23.4 Å². The summed E-state index contributed by atoms with van der Waals surface area (Å²) in [5, 5.41) is 22.6. The van der Waals surface area contributed by atoms with E-state index in [1.165, 1.54) is 11.0 Å². The zero-order valence-corrected chi connectivity index (χ0v) is 18.6. The lowest BCUT2D eigenvalue weighted by molar-refractivity contribution is -0.385. The van der Waals surface area contributed by atoms with E-state index in [2.05, 4.69) is 0 Å². The summed E-state index contributed by atoms with van der Waals surface area (Å²) in [7, 11) is 0. The highest BCUT2D eigenvalue weighted by Gasteiger charge is 2.43. The van der Waals surface area contributed by atoms with Crippen molar-refractivity contribution in [1.82, 2.24) is 0 Å². The average molecular weight is 456 g/mol. The van der Waals surface area contributed by atoms with Crippen molar-refractivity contribution < 1.29 is 19.6 Å². The molecule has 0 aromatic heterocycles. The zero-order valence-electron chi connectivity index (χ0n) is 18.6. The standard InChI is InChI=1S/C27H24N2O5/c1-2-34-21-17-15-20(16-18-21)28-25(22-12-6-7-14-24(22)29(32)33)23(26(30)27(28)31)13-8-11-19-9-4-3-5-10-19/h3-12,14-18,25,30H,2,13H2,1H3/b11-8+. The smallest absolute Gasteiger partial charge is 0.293 e. The number of aliphatic hydroxyl groups is 1. The third-order valence-electron chi connectivity index (χ3n) is 5.62. The van der Waals surface area contributed by atoms with E-state index in [9.17, 15) is 20.0 Å². The Balaban J connectivity index is 1.77. The predicted molar refractivity (Wildman–Crippen MR) is 131 cm³/mol. The second-order valence-electron chi connectivity index (χ2n) is 7.71. The molecule has 3 aromatic carbocycles. The second-order valence-corrected chi connectivity index (χ2v) is 7.71. The number of nitro benzene ring substituents is 1. The Bertz CT molecular complexity index is 1250. The Morgan fingerprint density at radius 3 is 2.38 bits per heavy atom. The van der Waals surface area contributed by atoms with Crippen LogP contribution in [0.5, 0.6) is 5.75 Å². The molecule has 0 saturated heterocycles. The maximum absolute atomic E-state index is 13.2. The van der Waals surface area contributed by atoms with E-state index in [1.807, 2.05) is 49.4 Å². The number of benzene rings is 3. The first-order chi connectivity index (χ1) is 16.5. The molecule has 0 saturated carbocycles. The number of nitro groups is 1. The first kappa shape index (κ1) is 22.8. The van der Waals surface area contributed by atoms with Gasteiger partial charge in [0.25, 0.3) is 11.6 Å². The summed E-state index contributed by atoms with van der Waals surface area (Å²) >= 11 is 0. The van der Waals surface area contributed by atoms with Crippen LogP contribution >= 0.6 is 0 Å². The van der Waals surface area contributed by atoms with Crippen LogP contribution in [0, 0.1) is 10.1 Å². The van der Waals surface area contributed by atoms with E-state index in [-0.39, 0.29) is 12.1 Å². The third kappa shape index (κ3) is 4.54. The van der Waals surface area contributed by atoms with Crippen molar-refractivity contribution in [3.63, 3.8) is 0 Å². The van der Waals surface area contributed by atoms with Crippen LogP contribution < -0.4 is 9.64 Å². The van der Waals surface area contributed by atoms with Gasteiger partial charge in [-0.25, -0.2) is 0 Å². The van der Waals surface area contributed by atoms with Crippen LogP contribution in [-0.4, -0.2) is 22.5 Å². The van der Waals surface area contributed by atoms with Gasteiger partial charge in [0.15, 0.2) is 5.76 Å². The number of anilines is 1. The topological polar surface area (TPSA) is 92.9 Å². The lowest BCUT2D eigenvalue weighted by Crippen LogP contribution is -2.30. The van der Waals surface area contributed by atoms with E-state index in [1.54, 1.807) is 42.5 Å². The van der Waals surface area contributed by atoms with Crippen LogP contribution in [0.3, 0.4) is 0 Å². The molecule has 172 valence electrons. The number of para-hydroxylation sites is 1. The number of carbonyl (C=O) groups excluding carboxylic acids is 1. The molecule has 1 aliphatic heterocycles. The van der Waals surface area contributed by atoms with Gasteiger partial charge in [0, 0.05) is 17.3 Å². The van der Waals surface area contributed by atoms with E-state index in [0.29, 0.717) is 29.2 Å². The summed E-state index contributed by atoms with van der Waals surface area (Å²) in [5.74, 6) is -0.353. The molecule has 1 aliphatic rings. The highest BCUT2D eigenvalue weighted by atomic mass is 16.6. The number of ether oxygens (including phenoxy) is 1. The predicted octanol–water partition coefficient (Wildman–Crippen LogP) is 6.00. The zero-order chi connectivity index (χ0) is 24.1. The fourth-order valence-corrected chi connectivity index (χ4v) is 4.10. The number of aliphatic hydroxyl groups excluding tert-OH is 1. The van der Waals surface area contributed by atoms with Crippen LogP contribution in [0.1, 0.15) is 30.5 Å². The molecular formula is C27H24N2O5. The number of nitrogens with zero attached hydrogens (tertiary/aromatic N) is 2. The van der Waals surface area contributed by atoms with Gasteiger partial charge in [0.2, 0.25) is 0 Å². The SMILES string of the molecule is CCOc1ccc(N2C(=O)C(O)=C(C/C=C/c3ccccc3)C2c2ccccc2[N+](=O)[O-])cc1. The monoisotopic (exact) mass is 456 g/mol. The van der Waals surface area contributed by atoms with Gasteiger partial charge in [-0.05, 0) is 49.2 Å². The van der Waals surface area contributed by atoms with Crippen molar-refractivity contribution in [3.05, 3.63) is 118 Å². The fourth-order valence-electron chi connectivity index (χ4n) is 4.10. The lowest BCUT2D eigenvalue weighted by atomic mass is 9.95. The quantitative estimate of drug-likeness (QED) is 0.332. The highest BCUT2D eigenvalue weighted by Crippen LogP contribution is 2.45. The van der Waals surface area contributed by atoms with Gasteiger partial charge in [-0.15, -0.1) is 0 Å². The summed E-state index contributed by atoms with van der Waals surface area (Å²) < 4.78 is 5.49. The van der Waals surface area contributed by atoms with Gasteiger partial charge in [0.1, 0.15) is 5.75 Å². The Labute approximate surface area is 197 Å². The number of carbonyl (C=O) groups is 1. The molecule has 0 radical (unpaired) electrons. The molecule has 0 spiro atoms. The van der Waals surface area contributed by atoms with Crippen molar-refractivity contribution in [2.45, 2.75) is 19.4 Å². The Hall–Kier alpha value is -4.39. The minimum absolute atomic E-state index is 0.115. The molecule has 1 amide bonds. The van der Waals surface area contributed by atoms with Gasteiger partial charge in [-0.1, -0.05) is 54.6 Å². The third-order valence-corrected chi connectivity index (χ3v) is 5.62. The average Bonchev–Trinajstić information content (AvgIpc) is 3.10. The van der Waals surface area contributed by atoms with Crippen molar-refractivity contribution in [1.29, 1.82) is 0 Å². The van der Waals surface area contributed by atoms with Gasteiger partial charge >= 0.3 is 0 Å². The van der Waals surface area contributed by atoms with Gasteiger partial charge in [-0.2, -0.15) is 0 Å². The van der Waals surface area contributed by atoms with Crippen LogP contribution in [0.25, 0.3) is 6.08 Å². The van der Waals surface area contributed by atoms with Crippen LogP contribution in [0.15, 0.2) is 96.3 Å². The molecule has 0 aliphatic carbocycles. The molecule has 1 N–H and O–H groups in total. The summed E-state index contributed by atoms with van der Waals surface area (Å²) in [5.41, 5.74) is 2.10. The Morgan fingerprint density at radius 2 is 1.71 bits per heavy atom. The molecule has 3 aromatic rings. The summed E-state index contributed by atoms with van der Waals surface area (Å²) in [4.78, 5) is 26.0. The molecule has 1 atom stereocenters. The van der Waals surface area contributed by atoms with E-state index < -0.39 is 22.6 Å². The molecule has 1 heterocycles. The van der Waals surface area contributed by atoms with Crippen molar-refractivity contribution in [3.8, 4) is 5.75 Å². The highest BCUT2D eigenvalue weighted by molar-refractivity contribution is 6.09. The number of amides is 1. The summed E-state index contributed by atoms with van der Waals surface area (Å²) in [6.07, 6.45) is 3.98. The lowest BCUT2D eigenvalue weighted by Gasteiger charge is -2.27. The van der Waals surface area contributed by atoms with Crippen LogP contribution in [0.2, 0.25) is 0 Å². The fraction of sp³-hybridized carbons (Fsp3) is 0.148. The first-order valence-corrected chi connectivity index (χ1v) is 10.9. The van der Waals surface area contributed by atoms with E-state index in [0.717, 1.165) is 5.56 Å². The maximum atomic E-state index is 13.2. The molecule has 1 unspecified atom stereocenters. The summed E-state index contributed by atoms with van der Waals surface area (Å²) in [6.45, 7) is 2.38. The minimum atomic E-state index is -0.826. The van der Waals surface area contributed by atoms with Gasteiger partial charge in [-0.3, -0.25) is 19.8 Å². The van der Waals surface area contributed by atoms with E-state index in [4.69, 9.17) is 4.74 Å². The molecule has 7 nitrogen and oxygen atoms in total. The summed E-state index contributed by atoms with van der Waals surface area (Å²) in [6, 6.07) is 22.0. The van der Waals surface area contributed by atoms with E-state index >= 15 is 0 Å². The number of rotatable bonds is 8. The molecule has 4 rings (SSSR count). The first-order valence-electron chi connectivity index (χ1n) is 10.9. The second kappa shape index (κ2) is 10.0. The molecule has 0 bridgehead atoms. The Morgan fingerprint density at radius 1 is 1.03 bits per heavy atom. The normalized spacial score (nSPS) is 15.9. The molecular weight excluding hydrogens is 432 g/mol. The molecule has 34 heavy (non-hydrogen) atoms. The van der Waals surface area contributed by atoms with Crippen LogP contribution in [-0.2, 0) is 4.79 Å². The van der Waals surface area contributed by atoms with Crippen LogP contribution in [0.4, 0.5) is 11.4 Å². The maximum Gasteiger partial charge on any atom is 0.293 e. The van der Waals surface area contributed by atoms with Gasteiger partial charge in [0.05, 0.1) is 23.1 Å². The largest absolute Gasteiger partial charge is 0.503 e. The minimum Gasteiger partial charge on any atom is -0.503 e. The number of hydrogen-bond acceptors (Lipinski definition) is 5. The van der Waals surface area contributed by atoms with Crippen molar-refractivity contribution in [2.75, 3.05) is 11.5 Å². The molecule has 7 heteroatoms. The van der Waals surface area contributed by atoms with Gasteiger partial charge < -0.3 is 9.84 Å². The number of allylic oxidation sites excluding steroid dienone is 1. The number of hydrogen-bond donors (Lipinski definition) is 1. The Kier molecular flexibility index (Phi) is 6.73. The van der Waals surface area contributed by atoms with Crippen molar-refractivity contribution in [2.24, 2.45) is 0 Å².